The fourth-order valence-electron chi connectivity index (χ4n) is 11.4. The highest BCUT2D eigenvalue weighted by atomic mass is 16.5. The van der Waals surface area contributed by atoms with Crippen LogP contribution in [-0.4, -0.2) is 78.0 Å². The Hall–Kier alpha value is -0.650. The number of esters is 1. The van der Waals surface area contributed by atoms with Gasteiger partial charge in [-0.3, -0.25) is 9.69 Å². The van der Waals surface area contributed by atoms with E-state index in [-0.39, 0.29) is 23.6 Å². The van der Waals surface area contributed by atoms with Crippen molar-refractivity contribution in [2.45, 2.75) is 129 Å². The molecule has 6 fully saturated rings. The molecule has 6 rings (SSSR count). The van der Waals surface area contributed by atoms with E-state index in [4.69, 9.17) is 4.74 Å². The van der Waals surface area contributed by atoms with Crippen molar-refractivity contribution in [2.75, 3.05) is 33.2 Å². The first-order valence-electron chi connectivity index (χ1n) is 16.1. The molecule has 6 aliphatic rings. The molecule has 10 atom stereocenters. The Balaban J connectivity index is 1.28. The third-order valence-electron chi connectivity index (χ3n) is 13.4. The maximum absolute atomic E-state index is 12.4. The zero-order valence-corrected chi connectivity index (χ0v) is 24.3. The summed E-state index contributed by atoms with van der Waals surface area (Å²) in [6.07, 6.45) is 16.4. The van der Waals surface area contributed by atoms with Gasteiger partial charge in [0.1, 0.15) is 6.04 Å². The lowest BCUT2D eigenvalue weighted by Crippen LogP contribution is -2.61. The average Bonchev–Trinajstić information content (AvgIpc) is 3.17. The third-order valence-corrected chi connectivity index (χ3v) is 13.4. The minimum atomic E-state index is -0.144. The first kappa shape index (κ1) is 26.6. The number of fused-ring (bicyclic) bond motifs is 5. The maximum Gasteiger partial charge on any atom is 0.303 e. The topological polar surface area (TPSA) is 49.8 Å². The van der Waals surface area contributed by atoms with Crippen molar-refractivity contribution >= 4 is 5.97 Å². The summed E-state index contributed by atoms with van der Waals surface area (Å²) in [7, 11) is 2.47. The van der Waals surface area contributed by atoms with E-state index in [2.05, 4.69) is 25.8 Å². The van der Waals surface area contributed by atoms with E-state index in [9.17, 15) is 9.90 Å². The number of likely N-dealkylation sites (N-methyl/N-ethyl adjacent to an activating group) is 1. The van der Waals surface area contributed by atoms with Crippen molar-refractivity contribution < 1.29 is 19.1 Å². The van der Waals surface area contributed by atoms with Gasteiger partial charge in [-0.25, -0.2) is 0 Å². The molecular weight excluding hydrogens is 460 g/mol. The summed E-state index contributed by atoms with van der Waals surface area (Å²) < 4.78 is 7.46. The van der Waals surface area contributed by atoms with E-state index in [0.29, 0.717) is 29.3 Å². The molecule has 0 aromatic heterocycles. The minimum Gasteiger partial charge on any atom is -0.456 e. The first-order chi connectivity index (χ1) is 17.7. The molecule has 210 valence electrons. The van der Waals surface area contributed by atoms with Gasteiger partial charge in [0.05, 0.1) is 26.2 Å². The summed E-state index contributed by atoms with van der Waals surface area (Å²) in [5.41, 5.74) is 0.448. The second-order valence-electron chi connectivity index (χ2n) is 15.2. The average molecular weight is 516 g/mol. The number of piperidine rings is 2. The number of likely N-dealkylation sites (tertiary alicyclic amines) is 2. The second-order valence-corrected chi connectivity index (χ2v) is 15.2. The highest BCUT2D eigenvalue weighted by Gasteiger charge is 2.67. The van der Waals surface area contributed by atoms with Crippen molar-refractivity contribution in [3.63, 3.8) is 0 Å². The molecule has 4 aliphatic carbocycles. The van der Waals surface area contributed by atoms with Crippen LogP contribution in [0.1, 0.15) is 104 Å². The summed E-state index contributed by atoms with van der Waals surface area (Å²) in [5.74, 6) is 2.76. The molecule has 4 saturated carbocycles. The summed E-state index contributed by atoms with van der Waals surface area (Å²) in [6.45, 7) is 11.6. The summed E-state index contributed by atoms with van der Waals surface area (Å²) in [6, 6.07) is 0.814. The van der Waals surface area contributed by atoms with Crippen molar-refractivity contribution in [3.05, 3.63) is 0 Å². The molecular formula is C32H55N2O3+. The quantitative estimate of drug-likeness (QED) is 0.404. The molecule has 2 aliphatic heterocycles. The van der Waals surface area contributed by atoms with Crippen LogP contribution in [0, 0.1) is 34.5 Å². The van der Waals surface area contributed by atoms with Gasteiger partial charge in [0, 0.05) is 24.8 Å². The lowest BCUT2D eigenvalue weighted by molar-refractivity contribution is -0.940. The SMILES string of the molecule is CC(=O)O[C@@H]1[C@@H]([N+]2(C)CCCCC2)CC2C3CC[C@H]4C[C@H](O)[C@@H](N5CCCCC5)C[C@]4(C)C3CC[C@@]21C. The first-order valence-corrected chi connectivity index (χ1v) is 16.1. The molecule has 2 saturated heterocycles. The number of carbonyl (C=O) groups is 1. The van der Waals surface area contributed by atoms with E-state index in [1.165, 1.54) is 103 Å². The van der Waals surface area contributed by atoms with Crippen molar-refractivity contribution in [1.29, 1.82) is 0 Å². The molecule has 37 heavy (non-hydrogen) atoms. The summed E-state index contributed by atoms with van der Waals surface area (Å²) >= 11 is 0. The van der Waals surface area contributed by atoms with Crippen molar-refractivity contribution in [2.24, 2.45) is 34.5 Å². The van der Waals surface area contributed by atoms with E-state index in [0.717, 1.165) is 22.7 Å². The highest BCUT2D eigenvalue weighted by Crippen LogP contribution is 2.67. The van der Waals surface area contributed by atoms with E-state index >= 15 is 0 Å². The molecule has 5 nitrogen and oxygen atoms in total. The number of rotatable bonds is 3. The fourth-order valence-corrected chi connectivity index (χ4v) is 11.4. The van der Waals surface area contributed by atoms with Gasteiger partial charge in [0.2, 0.25) is 0 Å². The van der Waals surface area contributed by atoms with E-state index in [1.807, 2.05) is 0 Å². The fraction of sp³-hybridized carbons (Fsp3) is 0.969. The number of ether oxygens (including phenoxy) is 1. The van der Waals surface area contributed by atoms with Crippen LogP contribution >= 0.6 is 0 Å². The number of aliphatic hydroxyl groups excluding tert-OH is 1. The predicted octanol–water partition coefficient (Wildman–Crippen LogP) is 5.40. The normalized spacial score (nSPS) is 50.0. The second kappa shape index (κ2) is 9.77. The molecule has 0 amide bonds. The number of aliphatic hydroxyl groups is 1. The lowest BCUT2D eigenvalue weighted by Gasteiger charge is -2.62. The van der Waals surface area contributed by atoms with Gasteiger partial charge in [-0.2, -0.15) is 0 Å². The van der Waals surface area contributed by atoms with Crippen LogP contribution in [0.2, 0.25) is 0 Å². The maximum atomic E-state index is 12.4. The van der Waals surface area contributed by atoms with Gasteiger partial charge >= 0.3 is 5.97 Å². The van der Waals surface area contributed by atoms with Crippen molar-refractivity contribution in [1.82, 2.24) is 4.90 Å². The van der Waals surface area contributed by atoms with Crippen LogP contribution in [-0.2, 0) is 9.53 Å². The molecule has 0 spiro atoms. The Morgan fingerprint density at radius 1 is 0.919 bits per heavy atom. The summed E-state index contributed by atoms with van der Waals surface area (Å²) in [4.78, 5) is 15.1. The molecule has 0 radical (unpaired) electrons. The van der Waals surface area contributed by atoms with E-state index < -0.39 is 0 Å². The smallest absolute Gasteiger partial charge is 0.303 e. The molecule has 1 N–H and O–H groups in total. The third kappa shape index (κ3) is 4.32. The van der Waals surface area contributed by atoms with Crippen LogP contribution in [0.25, 0.3) is 0 Å². The largest absolute Gasteiger partial charge is 0.456 e. The van der Waals surface area contributed by atoms with Crippen molar-refractivity contribution in [3.8, 4) is 0 Å². The molecule has 0 bridgehead atoms. The zero-order valence-electron chi connectivity index (χ0n) is 24.3. The lowest BCUT2D eigenvalue weighted by atomic mass is 9.44. The Bertz CT molecular complexity index is 851. The number of hydrogen-bond donors (Lipinski definition) is 1. The van der Waals surface area contributed by atoms with Crippen LogP contribution in [0.3, 0.4) is 0 Å². The van der Waals surface area contributed by atoms with Crippen LogP contribution < -0.4 is 0 Å². The monoisotopic (exact) mass is 515 g/mol. The Kier molecular flexibility index (Phi) is 7.01. The van der Waals surface area contributed by atoms with Gasteiger partial charge in [0.25, 0.3) is 0 Å². The van der Waals surface area contributed by atoms with Crippen LogP contribution in [0.4, 0.5) is 0 Å². The Labute approximate surface area is 226 Å². The molecule has 0 aromatic rings. The van der Waals surface area contributed by atoms with E-state index in [1.54, 1.807) is 6.92 Å². The number of nitrogens with zero attached hydrogens (tertiary/aromatic N) is 2. The highest BCUT2D eigenvalue weighted by molar-refractivity contribution is 5.66. The molecule has 3 unspecified atom stereocenters. The van der Waals surface area contributed by atoms with Crippen LogP contribution in [0.15, 0.2) is 0 Å². The van der Waals surface area contributed by atoms with Gasteiger partial charge in [-0.15, -0.1) is 0 Å². The zero-order chi connectivity index (χ0) is 26.0. The Morgan fingerprint density at radius 2 is 1.62 bits per heavy atom. The van der Waals surface area contributed by atoms with Gasteiger partial charge in [0.15, 0.2) is 6.10 Å². The molecule has 2 heterocycles. The number of carbonyl (C=O) groups excluding carboxylic acids is 1. The van der Waals surface area contributed by atoms with Gasteiger partial charge in [-0.05, 0) is 113 Å². The number of quaternary nitrogens is 1. The molecule has 0 aromatic carbocycles. The van der Waals surface area contributed by atoms with Gasteiger partial charge in [-0.1, -0.05) is 20.3 Å². The predicted molar refractivity (Wildman–Crippen MR) is 147 cm³/mol. The molecule has 5 heteroatoms. The minimum absolute atomic E-state index is 0.0684. The standard InChI is InChI=1S/C32H55N2O3/c1-22(35)37-30-28(34(4)17-9-6-10-18-34)20-26-24-12-11-23-19-29(36)27(33-15-7-5-8-16-33)21-32(23,3)25(24)13-14-31(26,30)2/h23-30,36H,5-21H2,1-4H3/q+1/t23-,24?,25?,26?,27-,28-,29-,30+,31-,32-/m0/s1. The number of hydrogen-bond acceptors (Lipinski definition) is 4. The Morgan fingerprint density at radius 3 is 2.32 bits per heavy atom. The van der Waals surface area contributed by atoms with Gasteiger partial charge < -0.3 is 14.3 Å². The van der Waals surface area contributed by atoms with Crippen LogP contribution in [0.5, 0.6) is 0 Å². The summed E-state index contributed by atoms with van der Waals surface area (Å²) in [5, 5.41) is 11.3.